The predicted octanol–water partition coefficient (Wildman–Crippen LogP) is 4.26. The smallest absolute Gasteiger partial charge is 0.490 e. The van der Waals surface area contributed by atoms with Gasteiger partial charge in [-0.2, -0.15) is 13.2 Å². The van der Waals surface area contributed by atoms with E-state index < -0.39 is 12.1 Å². The average Bonchev–Trinajstić information content (AvgIpc) is 3.33. The first-order valence-electron chi connectivity index (χ1n) is 11.0. The van der Waals surface area contributed by atoms with Gasteiger partial charge in [-0.15, -0.1) is 0 Å². The van der Waals surface area contributed by atoms with E-state index in [2.05, 4.69) is 53.1 Å². The molecule has 1 N–H and O–H groups in total. The Morgan fingerprint density at radius 2 is 1.71 bits per heavy atom. The van der Waals surface area contributed by atoms with Gasteiger partial charge in [0, 0.05) is 26.2 Å². The molecule has 1 atom stereocenters. The van der Waals surface area contributed by atoms with Crippen LogP contribution in [0.2, 0.25) is 0 Å². The summed E-state index contributed by atoms with van der Waals surface area (Å²) >= 11 is 0. The lowest BCUT2D eigenvalue weighted by Gasteiger charge is -2.24. The Labute approximate surface area is 196 Å². The highest BCUT2D eigenvalue weighted by Gasteiger charge is 2.50. The number of alkyl halides is 3. The topological polar surface area (TPSA) is 70.1 Å². The molecule has 1 spiro atoms. The van der Waals surface area contributed by atoms with Crippen molar-refractivity contribution < 1.29 is 32.6 Å². The highest BCUT2D eigenvalue weighted by Crippen LogP contribution is 2.41. The third kappa shape index (κ3) is 6.28. The van der Waals surface area contributed by atoms with Gasteiger partial charge in [0.1, 0.15) is 5.75 Å². The summed E-state index contributed by atoms with van der Waals surface area (Å²) in [6, 6.07) is 16.7. The molecular formula is C25H29F3N2O4. The summed E-state index contributed by atoms with van der Waals surface area (Å²) in [5.74, 6) is -1.52. The molecule has 0 bridgehead atoms. The normalized spacial score (nSPS) is 20.4. The highest BCUT2D eigenvalue weighted by atomic mass is 19.4. The van der Waals surface area contributed by atoms with E-state index in [9.17, 15) is 18.0 Å². The van der Waals surface area contributed by atoms with E-state index in [-0.39, 0.29) is 5.41 Å². The van der Waals surface area contributed by atoms with Crippen LogP contribution < -0.4 is 4.74 Å². The molecule has 1 unspecified atom stereocenters. The molecule has 2 aromatic carbocycles. The van der Waals surface area contributed by atoms with E-state index in [1.54, 1.807) is 7.11 Å². The number of hydrogen-bond donors (Lipinski definition) is 1. The number of hydrogen-bond acceptors (Lipinski definition) is 4. The van der Waals surface area contributed by atoms with Gasteiger partial charge in [-0.1, -0.05) is 42.0 Å². The molecule has 2 aromatic rings. The largest absolute Gasteiger partial charge is 0.497 e. The Hall–Kier alpha value is -3.07. The van der Waals surface area contributed by atoms with Crippen LogP contribution in [0.25, 0.3) is 0 Å². The molecule has 2 fully saturated rings. The van der Waals surface area contributed by atoms with Gasteiger partial charge in [-0.3, -0.25) is 9.69 Å². The molecule has 0 radical (unpaired) electrons. The molecule has 184 valence electrons. The first kappa shape index (κ1) is 25.6. The Balaban J connectivity index is 0.000000406. The number of benzene rings is 2. The molecule has 34 heavy (non-hydrogen) atoms. The quantitative estimate of drug-likeness (QED) is 0.696. The number of aryl methyl sites for hydroxylation is 1. The molecule has 2 aliphatic rings. The molecule has 2 saturated heterocycles. The zero-order valence-corrected chi connectivity index (χ0v) is 19.3. The van der Waals surface area contributed by atoms with E-state index in [0.717, 1.165) is 51.3 Å². The van der Waals surface area contributed by atoms with Crippen LogP contribution in [0.4, 0.5) is 13.2 Å². The molecule has 2 aliphatic heterocycles. The van der Waals surface area contributed by atoms with Crippen LogP contribution in [0.5, 0.6) is 5.75 Å². The molecule has 9 heteroatoms. The number of likely N-dealkylation sites (tertiary alicyclic amines) is 2. The molecule has 2 heterocycles. The number of halogens is 3. The number of carbonyl (C=O) groups is 2. The van der Waals surface area contributed by atoms with Crippen LogP contribution in [-0.4, -0.2) is 59.7 Å². The Kier molecular flexibility index (Phi) is 7.86. The van der Waals surface area contributed by atoms with Crippen LogP contribution in [0.15, 0.2) is 48.5 Å². The Bertz CT molecular complexity index is 1010. The zero-order chi connectivity index (χ0) is 24.9. The molecule has 4 rings (SSSR count). The second-order valence-corrected chi connectivity index (χ2v) is 8.86. The van der Waals surface area contributed by atoms with Crippen LogP contribution in [0.3, 0.4) is 0 Å². The SMILES string of the molecule is COc1ccc(CN2CCC3(CCN(Cc4cccc(C)c4)C3=O)C2)cc1.O=C(O)C(F)(F)F. The maximum atomic E-state index is 13.2. The number of carbonyl (C=O) groups excluding carboxylic acids is 1. The van der Waals surface area contributed by atoms with E-state index in [4.69, 9.17) is 14.6 Å². The summed E-state index contributed by atoms with van der Waals surface area (Å²) in [5, 5.41) is 7.12. The van der Waals surface area contributed by atoms with Gasteiger partial charge in [-0.05, 0) is 49.6 Å². The van der Waals surface area contributed by atoms with E-state index in [1.807, 2.05) is 12.1 Å². The van der Waals surface area contributed by atoms with Gasteiger partial charge < -0.3 is 14.7 Å². The van der Waals surface area contributed by atoms with Crippen molar-refractivity contribution in [1.29, 1.82) is 0 Å². The lowest BCUT2D eigenvalue weighted by molar-refractivity contribution is -0.192. The van der Waals surface area contributed by atoms with Crippen molar-refractivity contribution in [2.45, 2.75) is 39.0 Å². The average molecular weight is 479 g/mol. The maximum absolute atomic E-state index is 13.2. The molecule has 1 amide bonds. The van der Waals surface area contributed by atoms with E-state index in [1.165, 1.54) is 16.7 Å². The molecular weight excluding hydrogens is 449 g/mol. The fraction of sp³-hybridized carbons (Fsp3) is 0.440. The van der Waals surface area contributed by atoms with Gasteiger partial charge in [0.25, 0.3) is 0 Å². The number of aliphatic carboxylic acids is 1. The van der Waals surface area contributed by atoms with Crippen molar-refractivity contribution in [3.8, 4) is 5.75 Å². The fourth-order valence-corrected chi connectivity index (χ4v) is 4.54. The number of carboxylic acids is 1. The van der Waals surface area contributed by atoms with Gasteiger partial charge >= 0.3 is 12.1 Å². The molecule has 0 aliphatic carbocycles. The third-order valence-corrected chi connectivity index (χ3v) is 6.30. The van der Waals surface area contributed by atoms with E-state index >= 15 is 0 Å². The standard InChI is InChI=1S/C23H28N2O2.C2HF3O2/c1-18-4-3-5-20(14-18)16-25-13-11-23(22(25)26)10-12-24(17-23)15-19-6-8-21(27-2)9-7-19;3-2(4,5)1(6)7/h3-9,14H,10-13,15-17H2,1-2H3;(H,6,7). The minimum atomic E-state index is -5.08. The van der Waals surface area contributed by atoms with Crippen molar-refractivity contribution in [3.05, 3.63) is 65.2 Å². The lowest BCUT2D eigenvalue weighted by Crippen LogP contribution is -2.36. The highest BCUT2D eigenvalue weighted by molar-refractivity contribution is 5.85. The Morgan fingerprint density at radius 1 is 1.06 bits per heavy atom. The molecule has 0 aromatic heterocycles. The van der Waals surface area contributed by atoms with Gasteiger partial charge in [-0.25, -0.2) is 4.79 Å². The van der Waals surface area contributed by atoms with Gasteiger partial charge in [0.15, 0.2) is 0 Å². The van der Waals surface area contributed by atoms with Crippen molar-refractivity contribution in [2.75, 3.05) is 26.7 Å². The molecule has 0 saturated carbocycles. The lowest BCUT2D eigenvalue weighted by atomic mass is 9.85. The number of methoxy groups -OCH3 is 1. The first-order valence-corrected chi connectivity index (χ1v) is 11.0. The van der Waals surface area contributed by atoms with Crippen molar-refractivity contribution >= 4 is 11.9 Å². The number of nitrogens with zero attached hydrogens (tertiary/aromatic N) is 2. The second-order valence-electron chi connectivity index (χ2n) is 8.86. The Morgan fingerprint density at radius 3 is 2.29 bits per heavy atom. The summed E-state index contributed by atoms with van der Waals surface area (Å²) in [5.41, 5.74) is 3.58. The van der Waals surface area contributed by atoms with Crippen molar-refractivity contribution in [3.63, 3.8) is 0 Å². The minimum Gasteiger partial charge on any atom is -0.497 e. The van der Waals surface area contributed by atoms with Crippen LogP contribution in [0, 0.1) is 12.3 Å². The second kappa shape index (κ2) is 10.5. The van der Waals surface area contributed by atoms with Crippen molar-refractivity contribution in [1.82, 2.24) is 9.80 Å². The van der Waals surface area contributed by atoms with Crippen LogP contribution in [-0.2, 0) is 22.7 Å². The van der Waals surface area contributed by atoms with Crippen molar-refractivity contribution in [2.24, 2.45) is 5.41 Å². The fourth-order valence-electron chi connectivity index (χ4n) is 4.54. The first-order chi connectivity index (χ1) is 16.0. The number of amides is 1. The van der Waals surface area contributed by atoms with Crippen LogP contribution in [0.1, 0.15) is 29.5 Å². The number of carboxylic acid groups (broad SMARTS) is 1. The van der Waals surface area contributed by atoms with Gasteiger partial charge in [0.05, 0.1) is 12.5 Å². The monoisotopic (exact) mass is 478 g/mol. The summed E-state index contributed by atoms with van der Waals surface area (Å²) in [7, 11) is 1.69. The third-order valence-electron chi connectivity index (χ3n) is 6.30. The predicted molar refractivity (Wildman–Crippen MR) is 120 cm³/mol. The number of ether oxygens (including phenoxy) is 1. The molecule has 6 nitrogen and oxygen atoms in total. The summed E-state index contributed by atoms with van der Waals surface area (Å²) in [6.07, 6.45) is -3.12. The summed E-state index contributed by atoms with van der Waals surface area (Å²) in [4.78, 5) is 26.6. The van der Waals surface area contributed by atoms with E-state index in [0.29, 0.717) is 5.91 Å². The number of rotatable bonds is 5. The summed E-state index contributed by atoms with van der Waals surface area (Å²) < 4.78 is 37.0. The minimum absolute atomic E-state index is 0.170. The summed E-state index contributed by atoms with van der Waals surface area (Å²) in [6.45, 7) is 6.49. The van der Waals surface area contributed by atoms with Crippen LogP contribution >= 0.6 is 0 Å². The van der Waals surface area contributed by atoms with Gasteiger partial charge in [0.2, 0.25) is 5.91 Å². The zero-order valence-electron chi connectivity index (χ0n) is 19.3. The maximum Gasteiger partial charge on any atom is 0.490 e.